The van der Waals surface area contributed by atoms with E-state index in [1.807, 2.05) is 32.9 Å². The first kappa shape index (κ1) is 25.8. The first-order valence-corrected chi connectivity index (χ1v) is 12.1. The van der Waals surface area contributed by atoms with E-state index in [0.717, 1.165) is 44.4 Å². The van der Waals surface area contributed by atoms with Gasteiger partial charge >= 0.3 is 0 Å². The van der Waals surface area contributed by atoms with Crippen molar-refractivity contribution in [3.05, 3.63) is 36.2 Å². The highest BCUT2D eigenvalue weighted by molar-refractivity contribution is 7.98. The number of aldehydes is 1. The van der Waals surface area contributed by atoms with Crippen molar-refractivity contribution in [1.29, 1.82) is 5.41 Å². The van der Waals surface area contributed by atoms with Crippen LogP contribution in [0, 0.1) is 10.8 Å². The number of anilines is 2. The standard InChI is InChI=1S/C19H25N5OS.C5H10O/c1-3-24-10-8-15(9-11-24)25-19-17(12-20)18(21-13-22-19)23-14-4-6-16(26-2)7-5-14;1-5(2,3)4-6/h4-7,12-13,15,20H,3,8-11H2,1-2H3,(H,21,22,23);4H,1-3H3. The van der Waals surface area contributed by atoms with Gasteiger partial charge in [0.1, 0.15) is 24.5 Å². The summed E-state index contributed by atoms with van der Waals surface area (Å²) in [4.78, 5) is 22.0. The van der Waals surface area contributed by atoms with Gasteiger partial charge in [-0.2, -0.15) is 0 Å². The van der Waals surface area contributed by atoms with E-state index in [-0.39, 0.29) is 11.5 Å². The number of benzene rings is 1. The quantitative estimate of drug-likeness (QED) is 0.342. The summed E-state index contributed by atoms with van der Waals surface area (Å²) in [5, 5.41) is 11.1. The minimum atomic E-state index is -0.139. The molecule has 1 aliphatic rings. The highest BCUT2D eigenvalue weighted by Gasteiger charge is 2.22. The van der Waals surface area contributed by atoms with Crippen LogP contribution in [0.15, 0.2) is 35.5 Å². The third kappa shape index (κ3) is 8.24. The van der Waals surface area contributed by atoms with Gasteiger partial charge < -0.3 is 25.2 Å². The maximum atomic E-state index is 9.83. The molecular formula is C24H35N5O2S. The third-order valence-electron chi connectivity index (χ3n) is 4.96. The van der Waals surface area contributed by atoms with Crippen LogP contribution in [0.3, 0.4) is 0 Å². The number of hydrogen-bond donors (Lipinski definition) is 2. The maximum Gasteiger partial charge on any atom is 0.227 e. The van der Waals surface area contributed by atoms with Gasteiger partial charge in [0.25, 0.3) is 0 Å². The van der Waals surface area contributed by atoms with Crippen LogP contribution in [0.4, 0.5) is 11.5 Å². The zero-order valence-electron chi connectivity index (χ0n) is 19.7. The Hall–Kier alpha value is -2.45. The molecule has 0 aliphatic carbocycles. The summed E-state index contributed by atoms with van der Waals surface area (Å²) in [6.45, 7) is 11.0. The van der Waals surface area contributed by atoms with Crippen LogP contribution >= 0.6 is 11.8 Å². The number of nitrogens with zero attached hydrogens (tertiary/aromatic N) is 3. The Balaban J connectivity index is 0.000000534. The molecule has 1 aromatic carbocycles. The fraction of sp³-hybridized carbons (Fsp3) is 0.500. The third-order valence-corrected chi connectivity index (χ3v) is 5.70. The van der Waals surface area contributed by atoms with E-state index in [4.69, 9.17) is 10.1 Å². The average molecular weight is 458 g/mol. The molecule has 2 heterocycles. The molecule has 7 nitrogen and oxygen atoms in total. The molecule has 1 aliphatic heterocycles. The molecule has 32 heavy (non-hydrogen) atoms. The van der Waals surface area contributed by atoms with Gasteiger partial charge in [-0.3, -0.25) is 0 Å². The Morgan fingerprint density at radius 1 is 1.22 bits per heavy atom. The molecular weight excluding hydrogens is 422 g/mol. The van der Waals surface area contributed by atoms with Crippen molar-refractivity contribution < 1.29 is 9.53 Å². The van der Waals surface area contributed by atoms with E-state index in [1.54, 1.807) is 11.8 Å². The molecule has 2 N–H and O–H groups in total. The summed E-state index contributed by atoms with van der Waals surface area (Å²) < 4.78 is 6.11. The summed E-state index contributed by atoms with van der Waals surface area (Å²) in [5.74, 6) is 1.07. The number of likely N-dealkylation sites (tertiary alicyclic amines) is 1. The fourth-order valence-corrected chi connectivity index (χ4v) is 3.42. The van der Waals surface area contributed by atoms with Crippen LogP contribution in [0.1, 0.15) is 46.1 Å². The van der Waals surface area contributed by atoms with E-state index in [9.17, 15) is 4.79 Å². The highest BCUT2D eigenvalue weighted by Crippen LogP contribution is 2.27. The average Bonchev–Trinajstić information content (AvgIpc) is 2.80. The Bertz CT molecular complexity index is 860. The van der Waals surface area contributed by atoms with Crippen molar-refractivity contribution in [2.45, 2.75) is 51.5 Å². The number of thioether (sulfide) groups is 1. The lowest BCUT2D eigenvalue weighted by atomic mass is 10.0. The topological polar surface area (TPSA) is 91.2 Å². The van der Waals surface area contributed by atoms with E-state index < -0.39 is 0 Å². The molecule has 174 valence electrons. The van der Waals surface area contributed by atoms with Crippen molar-refractivity contribution in [1.82, 2.24) is 14.9 Å². The van der Waals surface area contributed by atoms with E-state index in [2.05, 4.69) is 45.5 Å². The van der Waals surface area contributed by atoms with Crippen LogP contribution in [-0.2, 0) is 4.79 Å². The molecule has 1 fully saturated rings. The molecule has 1 aromatic heterocycles. The summed E-state index contributed by atoms with van der Waals surface area (Å²) >= 11 is 1.70. The second kappa shape index (κ2) is 12.6. The molecule has 0 bridgehead atoms. The molecule has 8 heteroatoms. The lowest BCUT2D eigenvalue weighted by Gasteiger charge is -2.31. The summed E-state index contributed by atoms with van der Waals surface area (Å²) in [5.41, 5.74) is 1.37. The predicted molar refractivity (Wildman–Crippen MR) is 133 cm³/mol. The van der Waals surface area contributed by atoms with Gasteiger partial charge in [0.15, 0.2) is 0 Å². The number of piperidine rings is 1. The van der Waals surface area contributed by atoms with Gasteiger partial charge in [0.2, 0.25) is 5.88 Å². The normalized spacial score (nSPS) is 14.8. The number of carbonyl (C=O) groups is 1. The van der Waals surface area contributed by atoms with Crippen LogP contribution in [0.2, 0.25) is 0 Å². The van der Waals surface area contributed by atoms with Crippen LogP contribution < -0.4 is 10.1 Å². The van der Waals surface area contributed by atoms with Gasteiger partial charge in [-0.1, -0.05) is 27.7 Å². The second-order valence-electron chi connectivity index (χ2n) is 8.67. The fourth-order valence-electron chi connectivity index (χ4n) is 3.02. The summed E-state index contributed by atoms with van der Waals surface area (Å²) in [6.07, 6.45) is 7.83. The number of rotatable bonds is 7. The maximum absolute atomic E-state index is 9.83. The zero-order chi connectivity index (χ0) is 23.6. The van der Waals surface area contributed by atoms with Crippen molar-refractivity contribution in [3.8, 4) is 5.88 Å². The van der Waals surface area contributed by atoms with Gasteiger partial charge in [0, 0.05) is 35.3 Å². The second-order valence-corrected chi connectivity index (χ2v) is 9.55. The van der Waals surface area contributed by atoms with E-state index in [0.29, 0.717) is 17.3 Å². The first-order valence-electron chi connectivity index (χ1n) is 10.9. The van der Waals surface area contributed by atoms with Gasteiger partial charge in [-0.25, -0.2) is 9.97 Å². The number of hydrogen-bond acceptors (Lipinski definition) is 8. The molecule has 3 rings (SSSR count). The van der Waals surface area contributed by atoms with Crippen molar-refractivity contribution >= 4 is 35.8 Å². The first-order chi connectivity index (χ1) is 15.3. The van der Waals surface area contributed by atoms with Crippen LogP contribution in [0.5, 0.6) is 5.88 Å². The molecule has 2 aromatic rings. The Morgan fingerprint density at radius 3 is 2.34 bits per heavy atom. The predicted octanol–water partition coefficient (Wildman–Crippen LogP) is 5.03. The highest BCUT2D eigenvalue weighted by atomic mass is 32.2. The molecule has 0 amide bonds. The largest absolute Gasteiger partial charge is 0.474 e. The molecule has 0 spiro atoms. The van der Waals surface area contributed by atoms with Crippen molar-refractivity contribution in [2.24, 2.45) is 5.41 Å². The monoisotopic (exact) mass is 457 g/mol. The van der Waals surface area contributed by atoms with Gasteiger partial charge in [0.05, 0.1) is 5.56 Å². The molecule has 0 unspecified atom stereocenters. The van der Waals surface area contributed by atoms with Gasteiger partial charge in [-0.05, 0) is 49.9 Å². The number of aromatic nitrogens is 2. The van der Waals surface area contributed by atoms with Crippen LogP contribution in [0.25, 0.3) is 0 Å². The number of nitrogens with one attached hydrogen (secondary N) is 2. The van der Waals surface area contributed by atoms with Crippen molar-refractivity contribution in [3.63, 3.8) is 0 Å². The lowest BCUT2D eigenvalue weighted by molar-refractivity contribution is -0.113. The Kier molecular flexibility index (Phi) is 10.1. The van der Waals surface area contributed by atoms with Gasteiger partial charge in [-0.15, -0.1) is 11.8 Å². The number of carbonyl (C=O) groups excluding carboxylic acids is 1. The van der Waals surface area contributed by atoms with E-state index in [1.165, 1.54) is 17.4 Å². The molecule has 0 radical (unpaired) electrons. The summed E-state index contributed by atoms with van der Waals surface area (Å²) in [6, 6.07) is 8.11. The number of ether oxygens (including phenoxy) is 1. The lowest BCUT2D eigenvalue weighted by Crippen LogP contribution is -2.38. The Labute approximate surface area is 195 Å². The smallest absolute Gasteiger partial charge is 0.227 e. The molecule has 1 saturated heterocycles. The Morgan fingerprint density at radius 2 is 1.84 bits per heavy atom. The minimum Gasteiger partial charge on any atom is -0.474 e. The minimum absolute atomic E-state index is 0.139. The molecule has 0 saturated carbocycles. The molecule has 0 atom stereocenters. The van der Waals surface area contributed by atoms with Crippen LogP contribution in [-0.4, -0.2) is 59.4 Å². The zero-order valence-corrected chi connectivity index (χ0v) is 20.5. The van der Waals surface area contributed by atoms with Crippen molar-refractivity contribution in [2.75, 3.05) is 31.2 Å². The summed E-state index contributed by atoms with van der Waals surface area (Å²) in [7, 11) is 0. The van der Waals surface area contributed by atoms with E-state index >= 15 is 0 Å². The SMILES string of the molecule is CC(C)(C)C=O.CCN1CCC(Oc2ncnc(Nc3ccc(SC)cc3)c2C=N)CC1.